The highest BCUT2D eigenvalue weighted by atomic mass is 19.1. The minimum absolute atomic E-state index is 0.151. The number of hydrogen-bond donors (Lipinski definition) is 3. The number of anilines is 2. The van der Waals surface area contributed by atoms with E-state index in [-0.39, 0.29) is 11.6 Å². The van der Waals surface area contributed by atoms with E-state index in [4.69, 9.17) is 5.73 Å². The van der Waals surface area contributed by atoms with E-state index < -0.39 is 5.82 Å². The summed E-state index contributed by atoms with van der Waals surface area (Å²) in [6.45, 7) is 0.621. The number of nitrogens with one attached hydrogen (secondary N) is 2. The van der Waals surface area contributed by atoms with Gasteiger partial charge in [0.25, 0.3) is 0 Å². The number of halogens is 1. The molecule has 0 radical (unpaired) electrons. The van der Waals surface area contributed by atoms with E-state index in [1.807, 2.05) is 0 Å². The molecular formula is C13H18FN3O2. The number of benzene rings is 1. The molecule has 104 valence electrons. The molecule has 0 aliphatic heterocycles. The van der Waals surface area contributed by atoms with E-state index in [0.717, 1.165) is 19.3 Å². The van der Waals surface area contributed by atoms with Crippen molar-refractivity contribution in [2.45, 2.75) is 25.7 Å². The molecule has 0 bridgehead atoms. The van der Waals surface area contributed by atoms with Crippen LogP contribution in [0.2, 0.25) is 0 Å². The highest BCUT2D eigenvalue weighted by molar-refractivity contribution is 5.93. The second kappa shape index (κ2) is 8.07. The molecule has 1 rings (SSSR count). The molecule has 4 N–H and O–H groups in total. The highest BCUT2D eigenvalue weighted by Gasteiger charge is 2.05. The van der Waals surface area contributed by atoms with Gasteiger partial charge in [0, 0.05) is 13.0 Å². The molecule has 0 unspecified atom stereocenters. The molecule has 1 aromatic carbocycles. The van der Waals surface area contributed by atoms with E-state index in [0.29, 0.717) is 25.1 Å². The SMILES string of the molecule is Nc1cc(F)ccc1NC(=O)CCCCCNC=O. The average Bonchev–Trinajstić information content (AvgIpc) is 2.37. The predicted molar refractivity (Wildman–Crippen MR) is 72.0 cm³/mol. The number of rotatable bonds is 8. The molecule has 19 heavy (non-hydrogen) atoms. The Kier molecular flexibility index (Phi) is 6.35. The van der Waals surface area contributed by atoms with Gasteiger partial charge >= 0.3 is 0 Å². The quantitative estimate of drug-likeness (QED) is 0.380. The van der Waals surface area contributed by atoms with Gasteiger partial charge in [-0.25, -0.2) is 4.39 Å². The van der Waals surface area contributed by atoms with Crippen LogP contribution < -0.4 is 16.4 Å². The number of carbonyl (C=O) groups is 2. The molecule has 2 amide bonds. The molecule has 0 aromatic heterocycles. The van der Waals surface area contributed by atoms with Gasteiger partial charge in [-0.3, -0.25) is 9.59 Å². The summed E-state index contributed by atoms with van der Waals surface area (Å²) in [5.41, 5.74) is 6.22. The molecule has 1 aromatic rings. The summed E-state index contributed by atoms with van der Waals surface area (Å²) in [6.07, 6.45) is 3.45. The fourth-order valence-corrected chi connectivity index (χ4v) is 1.61. The highest BCUT2D eigenvalue weighted by Crippen LogP contribution is 2.19. The van der Waals surface area contributed by atoms with Gasteiger partial charge in [0.2, 0.25) is 12.3 Å². The Morgan fingerprint density at radius 2 is 2.11 bits per heavy atom. The first-order valence-electron chi connectivity index (χ1n) is 6.15. The van der Waals surface area contributed by atoms with Crippen LogP contribution in [0.15, 0.2) is 18.2 Å². The van der Waals surface area contributed by atoms with Crippen molar-refractivity contribution >= 4 is 23.7 Å². The summed E-state index contributed by atoms with van der Waals surface area (Å²) in [7, 11) is 0. The molecule has 0 spiro atoms. The maximum atomic E-state index is 12.8. The lowest BCUT2D eigenvalue weighted by Gasteiger charge is -2.08. The minimum Gasteiger partial charge on any atom is -0.397 e. The van der Waals surface area contributed by atoms with Crippen LogP contribution >= 0.6 is 0 Å². The Labute approximate surface area is 111 Å². The van der Waals surface area contributed by atoms with Crippen molar-refractivity contribution in [3.63, 3.8) is 0 Å². The number of hydrogen-bond acceptors (Lipinski definition) is 3. The van der Waals surface area contributed by atoms with Crippen LogP contribution in [0.4, 0.5) is 15.8 Å². The van der Waals surface area contributed by atoms with E-state index >= 15 is 0 Å². The summed E-state index contributed by atoms with van der Waals surface area (Å²) in [6, 6.07) is 3.86. The monoisotopic (exact) mass is 267 g/mol. The van der Waals surface area contributed by atoms with Crippen LogP contribution in [0.25, 0.3) is 0 Å². The molecule has 0 aliphatic rings. The van der Waals surface area contributed by atoms with Gasteiger partial charge in [0.15, 0.2) is 0 Å². The lowest BCUT2D eigenvalue weighted by Crippen LogP contribution is -2.14. The van der Waals surface area contributed by atoms with Crippen LogP contribution in [0.3, 0.4) is 0 Å². The number of unbranched alkanes of at least 4 members (excludes halogenated alkanes) is 2. The zero-order chi connectivity index (χ0) is 14.1. The van der Waals surface area contributed by atoms with E-state index in [1.165, 1.54) is 18.2 Å². The second-order valence-corrected chi connectivity index (χ2v) is 4.16. The first kappa shape index (κ1) is 14.9. The third-order valence-electron chi connectivity index (χ3n) is 2.60. The summed E-state index contributed by atoms with van der Waals surface area (Å²) in [4.78, 5) is 21.6. The third kappa shape index (κ3) is 5.85. The largest absolute Gasteiger partial charge is 0.397 e. The molecule has 5 nitrogen and oxygen atoms in total. The topological polar surface area (TPSA) is 84.2 Å². The average molecular weight is 267 g/mol. The first-order valence-corrected chi connectivity index (χ1v) is 6.15. The minimum atomic E-state index is -0.432. The molecule has 0 atom stereocenters. The van der Waals surface area contributed by atoms with Crippen LogP contribution in [0.1, 0.15) is 25.7 Å². The summed E-state index contributed by atoms with van der Waals surface area (Å²) in [5, 5.41) is 5.19. The van der Waals surface area contributed by atoms with Crippen molar-refractivity contribution < 1.29 is 14.0 Å². The van der Waals surface area contributed by atoms with Crippen molar-refractivity contribution in [2.75, 3.05) is 17.6 Å². The van der Waals surface area contributed by atoms with Crippen molar-refractivity contribution in [1.82, 2.24) is 5.32 Å². The Bertz CT molecular complexity index is 438. The van der Waals surface area contributed by atoms with Gasteiger partial charge in [0.05, 0.1) is 11.4 Å². The normalized spacial score (nSPS) is 9.95. The van der Waals surface area contributed by atoms with Gasteiger partial charge in [-0.15, -0.1) is 0 Å². The summed E-state index contributed by atoms with van der Waals surface area (Å²) in [5.74, 6) is -0.583. The van der Waals surface area contributed by atoms with Crippen molar-refractivity contribution in [2.24, 2.45) is 0 Å². The molecular weight excluding hydrogens is 249 g/mol. The standard InChI is InChI=1S/C13H18FN3O2/c14-10-5-6-12(11(15)8-10)17-13(19)4-2-1-3-7-16-9-18/h5-6,8-9H,1-4,7,15H2,(H,16,18)(H,17,19). The summed E-state index contributed by atoms with van der Waals surface area (Å²) < 4.78 is 12.8. The van der Waals surface area contributed by atoms with Gasteiger partial charge in [0.1, 0.15) is 5.82 Å². The maximum Gasteiger partial charge on any atom is 0.224 e. The van der Waals surface area contributed by atoms with Crippen LogP contribution in [-0.2, 0) is 9.59 Å². The summed E-state index contributed by atoms with van der Waals surface area (Å²) >= 11 is 0. The van der Waals surface area contributed by atoms with E-state index in [2.05, 4.69) is 10.6 Å². The molecule has 0 saturated heterocycles. The molecule has 0 aliphatic carbocycles. The lowest BCUT2D eigenvalue weighted by molar-refractivity contribution is -0.116. The molecule has 0 fully saturated rings. The molecule has 0 heterocycles. The smallest absolute Gasteiger partial charge is 0.224 e. The fraction of sp³-hybridized carbons (Fsp3) is 0.385. The van der Waals surface area contributed by atoms with Gasteiger partial charge in [-0.2, -0.15) is 0 Å². The van der Waals surface area contributed by atoms with Gasteiger partial charge in [-0.05, 0) is 31.0 Å². The zero-order valence-electron chi connectivity index (χ0n) is 10.6. The third-order valence-corrected chi connectivity index (χ3v) is 2.60. The van der Waals surface area contributed by atoms with Crippen molar-refractivity contribution in [3.8, 4) is 0 Å². The number of carbonyl (C=O) groups excluding carboxylic acids is 2. The fourth-order valence-electron chi connectivity index (χ4n) is 1.61. The van der Waals surface area contributed by atoms with Gasteiger partial charge < -0.3 is 16.4 Å². The van der Waals surface area contributed by atoms with Crippen LogP contribution in [-0.4, -0.2) is 18.9 Å². The maximum absolute atomic E-state index is 12.8. The first-order chi connectivity index (χ1) is 9.13. The van der Waals surface area contributed by atoms with E-state index in [1.54, 1.807) is 0 Å². The Morgan fingerprint density at radius 3 is 2.79 bits per heavy atom. The Balaban J connectivity index is 2.25. The van der Waals surface area contributed by atoms with Crippen molar-refractivity contribution in [1.29, 1.82) is 0 Å². The predicted octanol–water partition coefficient (Wildman–Crippen LogP) is 1.65. The molecule has 6 heteroatoms. The number of nitrogens with two attached hydrogens (primary N) is 1. The van der Waals surface area contributed by atoms with Gasteiger partial charge in [-0.1, -0.05) is 6.42 Å². The van der Waals surface area contributed by atoms with Crippen LogP contribution in [0, 0.1) is 5.82 Å². The lowest BCUT2D eigenvalue weighted by atomic mass is 10.2. The second-order valence-electron chi connectivity index (χ2n) is 4.16. The molecule has 0 saturated carbocycles. The van der Waals surface area contributed by atoms with Crippen LogP contribution in [0.5, 0.6) is 0 Å². The number of nitrogen functional groups attached to an aromatic ring is 1. The Hall–Kier alpha value is -2.11. The Morgan fingerprint density at radius 1 is 1.32 bits per heavy atom. The number of amides is 2. The zero-order valence-corrected chi connectivity index (χ0v) is 10.6. The van der Waals surface area contributed by atoms with E-state index in [9.17, 15) is 14.0 Å². The van der Waals surface area contributed by atoms with Crippen molar-refractivity contribution in [3.05, 3.63) is 24.0 Å².